The maximum atomic E-state index is 13.6. The first-order valence-electron chi connectivity index (χ1n) is 11.0. The lowest BCUT2D eigenvalue weighted by Crippen LogP contribution is -2.41. The van der Waals surface area contributed by atoms with Crippen LogP contribution in [0.5, 0.6) is 0 Å². The number of rotatable bonds is 6. The average Bonchev–Trinajstić information content (AvgIpc) is 3.54. The smallest absolute Gasteiger partial charge is 0.409 e. The molecule has 2 N–H and O–H groups in total. The summed E-state index contributed by atoms with van der Waals surface area (Å²) in [6.45, 7) is 1.90. The monoisotopic (exact) mass is 519 g/mol. The molecule has 12 heteroatoms. The minimum absolute atomic E-state index is 0.00798. The van der Waals surface area contributed by atoms with E-state index >= 15 is 0 Å². The SMILES string of the molecule is CCOC(=O)N1CCC(CC(=O)NO)(c2ccc(-c3ccc(-c4cnco4)cc3)s2)S(=O)(=O)CC1. The molecule has 1 fully saturated rings. The highest BCUT2D eigenvalue weighted by Crippen LogP contribution is 2.45. The van der Waals surface area contributed by atoms with Gasteiger partial charge in [0.2, 0.25) is 5.91 Å². The van der Waals surface area contributed by atoms with E-state index in [2.05, 4.69) is 4.98 Å². The molecular weight excluding hydrogens is 494 g/mol. The number of hydroxylamine groups is 1. The van der Waals surface area contributed by atoms with E-state index in [1.165, 1.54) is 22.6 Å². The molecule has 1 atom stereocenters. The fourth-order valence-electron chi connectivity index (χ4n) is 4.16. The number of benzene rings is 1. The summed E-state index contributed by atoms with van der Waals surface area (Å²) < 4.78 is 35.9. The third kappa shape index (κ3) is 4.95. The Bertz CT molecular complexity index is 1290. The topological polar surface area (TPSA) is 139 Å². The van der Waals surface area contributed by atoms with Crippen LogP contribution in [0.15, 0.2) is 53.4 Å². The summed E-state index contributed by atoms with van der Waals surface area (Å²) in [5, 5.41) is 9.18. The number of sulfone groups is 1. The molecule has 35 heavy (non-hydrogen) atoms. The zero-order valence-corrected chi connectivity index (χ0v) is 20.6. The number of amides is 2. The molecule has 1 saturated heterocycles. The van der Waals surface area contributed by atoms with Crippen molar-refractivity contribution in [1.29, 1.82) is 0 Å². The van der Waals surface area contributed by atoms with Gasteiger partial charge in [-0.15, -0.1) is 11.3 Å². The van der Waals surface area contributed by atoms with Crippen molar-refractivity contribution >= 4 is 33.2 Å². The first-order chi connectivity index (χ1) is 16.8. The van der Waals surface area contributed by atoms with Crippen molar-refractivity contribution in [2.45, 2.75) is 24.5 Å². The van der Waals surface area contributed by atoms with Crippen LogP contribution in [-0.2, 0) is 24.1 Å². The lowest BCUT2D eigenvalue weighted by molar-refractivity contribution is -0.129. The van der Waals surface area contributed by atoms with E-state index in [0.29, 0.717) is 10.6 Å². The number of carbonyl (C=O) groups is 2. The first-order valence-corrected chi connectivity index (χ1v) is 13.4. The van der Waals surface area contributed by atoms with Crippen molar-refractivity contribution in [3.63, 3.8) is 0 Å². The highest BCUT2D eigenvalue weighted by atomic mass is 32.2. The first kappa shape index (κ1) is 24.9. The molecule has 1 aliphatic heterocycles. The second kappa shape index (κ2) is 10.2. The molecule has 1 aromatic carbocycles. The second-order valence-electron chi connectivity index (χ2n) is 8.07. The van der Waals surface area contributed by atoms with E-state index in [1.54, 1.807) is 24.7 Å². The van der Waals surface area contributed by atoms with Crippen LogP contribution < -0.4 is 5.48 Å². The Kier molecular flexibility index (Phi) is 7.24. The number of aromatic nitrogens is 1. The molecule has 2 amide bonds. The number of ether oxygens (including phenoxy) is 1. The Morgan fingerprint density at radius 2 is 1.94 bits per heavy atom. The summed E-state index contributed by atoms with van der Waals surface area (Å²) in [6, 6.07) is 11.1. The van der Waals surface area contributed by atoms with Crippen molar-refractivity contribution in [3.8, 4) is 21.8 Å². The predicted molar refractivity (Wildman–Crippen MR) is 128 cm³/mol. The molecule has 1 unspecified atom stereocenters. The van der Waals surface area contributed by atoms with E-state index in [4.69, 9.17) is 9.15 Å². The zero-order chi connectivity index (χ0) is 25.1. The molecule has 3 heterocycles. The number of hydrogen-bond acceptors (Lipinski definition) is 9. The Hall–Kier alpha value is -3.22. The lowest BCUT2D eigenvalue weighted by Gasteiger charge is -2.30. The highest BCUT2D eigenvalue weighted by molar-refractivity contribution is 7.92. The molecule has 0 bridgehead atoms. The van der Waals surface area contributed by atoms with Crippen molar-refractivity contribution in [2.24, 2.45) is 0 Å². The van der Waals surface area contributed by atoms with Crippen LogP contribution in [0.25, 0.3) is 21.8 Å². The van der Waals surface area contributed by atoms with Crippen molar-refractivity contribution in [1.82, 2.24) is 15.4 Å². The van der Waals surface area contributed by atoms with Crippen LogP contribution in [0.2, 0.25) is 0 Å². The van der Waals surface area contributed by atoms with Gasteiger partial charge >= 0.3 is 6.09 Å². The Labute approximate surface area is 206 Å². The van der Waals surface area contributed by atoms with Crippen molar-refractivity contribution in [2.75, 3.05) is 25.4 Å². The van der Waals surface area contributed by atoms with E-state index < -0.39 is 33.0 Å². The molecule has 186 valence electrons. The molecule has 0 aliphatic carbocycles. The van der Waals surface area contributed by atoms with Crippen LogP contribution >= 0.6 is 11.3 Å². The minimum Gasteiger partial charge on any atom is -0.450 e. The highest BCUT2D eigenvalue weighted by Gasteiger charge is 2.50. The predicted octanol–water partition coefficient (Wildman–Crippen LogP) is 3.44. The van der Waals surface area contributed by atoms with Crippen molar-refractivity contribution < 1.29 is 32.4 Å². The van der Waals surface area contributed by atoms with Gasteiger partial charge in [-0.1, -0.05) is 24.3 Å². The number of oxazole rings is 1. The minimum atomic E-state index is -3.90. The Morgan fingerprint density at radius 1 is 1.20 bits per heavy atom. The summed E-state index contributed by atoms with van der Waals surface area (Å²) in [7, 11) is -3.90. The molecular formula is C23H25N3O7S2. The number of hydrogen-bond donors (Lipinski definition) is 2. The summed E-state index contributed by atoms with van der Waals surface area (Å²) in [4.78, 5) is 31.1. The summed E-state index contributed by atoms with van der Waals surface area (Å²) >= 11 is 1.27. The van der Waals surface area contributed by atoms with Gasteiger partial charge in [-0.05, 0) is 31.0 Å². The standard InChI is InChI=1S/C23H25N3O7S2/c1-2-32-22(28)26-10-9-23(13-21(27)25-29,35(30,31)12-11-26)20-8-7-19(34-20)17-5-3-16(4-6-17)18-14-24-15-33-18/h3-8,14-15,29H,2,9-13H2,1H3,(H,25,27). The van der Waals surface area contributed by atoms with Gasteiger partial charge in [0.25, 0.3) is 0 Å². The molecule has 0 radical (unpaired) electrons. The van der Waals surface area contributed by atoms with E-state index in [-0.39, 0.29) is 31.9 Å². The molecule has 4 rings (SSSR count). The van der Waals surface area contributed by atoms with Gasteiger partial charge < -0.3 is 14.1 Å². The van der Waals surface area contributed by atoms with Crippen LogP contribution in [0.1, 0.15) is 24.6 Å². The molecule has 2 aromatic heterocycles. The van der Waals surface area contributed by atoms with Crippen LogP contribution in [0, 0.1) is 0 Å². The van der Waals surface area contributed by atoms with E-state index in [9.17, 15) is 23.2 Å². The molecule has 1 aliphatic rings. The van der Waals surface area contributed by atoms with Gasteiger partial charge in [0.05, 0.1) is 25.0 Å². The molecule has 3 aromatic rings. The normalized spacial score (nSPS) is 19.7. The number of nitrogens with zero attached hydrogens (tertiary/aromatic N) is 2. The van der Waals surface area contributed by atoms with Crippen LogP contribution in [0.3, 0.4) is 0 Å². The lowest BCUT2D eigenvalue weighted by atomic mass is 9.97. The third-order valence-electron chi connectivity index (χ3n) is 6.05. The second-order valence-corrected chi connectivity index (χ2v) is 11.6. The van der Waals surface area contributed by atoms with E-state index in [1.807, 2.05) is 30.3 Å². The van der Waals surface area contributed by atoms with Gasteiger partial charge in [-0.2, -0.15) is 0 Å². The maximum absolute atomic E-state index is 13.6. The van der Waals surface area contributed by atoms with Gasteiger partial charge in [0, 0.05) is 28.4 Å². The fourth-order valence-corrected chi connectivity index (χ4v) is 7.77. The van der Waals surface area contributed by atoms with Gasteiger partial charge in [-0.25, -0.2) is 23.7 Å². The summed E-state index contributed by atoms with van der Waals surface area (Å²) in [6.07, 6.45) is 1.90. The maximum Gasteiger partial charge on any atom is 0.409 e. The van der Waals surface area contributed by atoms with Crippen LogP contribution in [0.4, 0.5) is 4.79 Å². The van der Waals surface area contributed by atoms with Gasteiger partial charge in [-0.3, -0.25) is 10.0 Å². The van der Waals surface area contributed by atoms with Gasteiger partial charge in [0.15, 0.2) is 22.0 Å². The third-order valence-corrected chi connectivity index (χ3v) is 10.00. The van der Waals surface area contributed by atoms with E-state index in [0.717, 1.165) is 16.0 Å². The number of thiophene rings is 1. The Balaban J connectivity index is 1.69. The average molecular weight is 520 g/mol. The summed E-state index contributed by atoms with van der Waals surface area (Å²) in [5.74, 6) is -0.512. The van der Waals surface area contributed by atoms with Crippen LogP contribution in [-0.4, -0.2) is 61.0 Å². The molecule has 0 saturated carbocycles. The summed E-state index contributed by atoms with van der Waals surface area (Å²) in [5.41, 5.74) is 3.28. The number of nitrogens with one attached hydrogen (secondary N) is 1. The molecule has 0 spiro atoms. The van der Waals surface area contributed by atoms with Crippen molar-refractivity contribution in [3.05, 3.63) is 53.9 Å². The zero-order valence-electron chi connectivity index (χ0n) is 19.0. The largest absolute Gasteiger partial charge is 0.450 e. The molecule has 10 nitrogen and oxygen atoms in total. The Morgan fingerprint density at radius 3 is 2.60 bits per heavy atom. The fraction of sp³-hybridized carbons (Fsp3) is 0.348. The quantitative estimate of drug-likeness (QED) is 0.373. The number of carbonyl (C=O) groups excluding carboxylic acids is 2. The van der Waals surface area contributed by atoms with Gasteiger partial charge in [0.1, 0.15) is 4.75 Å².